The maximum absolute atomic E-state index is 11.6. The van der Waals surface area contributed by atoms with Crippen molar-refractivity contribution in [3.05, 3.63) is 34.6 Å². The van der Waals surface area contributed by atoms with E-state index in [1.807, 2.05) is 0 Å². The molecule has 15 heavy (non-hydrogen) atoms. The van der Waals surface area contributed by atoms with E-state index in [0.29, 0.717) is 10.6 Å². The van der Waals surface area contributed by atoms with Gasteiger partial charge in [-0.15, -0.1) is 5.10 Å². The lowest BCUT2D eigenvalue weighted by Gasteiger charge is -2.03. The van der Waals surface area contributed by atoms with E-state index in [-0.39, 0.29) is 11.1 Å². The molecule has 2 aromatic rings. The van der Waals surface area contributed by atoms with Crippen molar-refractivity contribution in [3.8, 4) is 0 Å². The molecule has 1 N–H and O–H groups in total. The Morgan fingerprint density at radius 2 is 2.40 bits per heavy atom. The molecule has 0 bridgehead atoms. The van der Waals surface area contributed by atoms with Gasteiger partial charge in [0.25, 0.3) is 5.91 Å². The molecule has 0 spiro atoms. The lowest BCUT2D eigenvalue weighted by Crippen LogP contribution is -2.10. The zero-order valence-corrected chi connectivity index (χ0v) is 8.92. The minimum atomic E-state index is -0.292. The number of carbonyl (C=O) groups is 1. The predicted molar refractivity (Wildman–Crippen MR) is 57.1 cm³/mol. The number of rotatable bonds is 2. The van der Waals surface area contributed by atoms with Gasteiger partial charge in [0.1, 0.15) is 4.88 Å². The SMILES string of the molecule is O=C(Nc1cccnc1Cl)c1cnns1. The molecule has 76 valence electrons. The molecular weight excluding hydrogens is 236 g/mol. The first-order chi connectivity index (χ1) is 7.27. The van der Waals surface area contributed by atoms with Crippen LogP contribution >= 0.6 is 23.1 Å². The van der Waals surface area contributed by atoms with Gasteiger partial charge in [0.2, 0.25) is 0 Å². The Bertz CT molecular complexity index is 473. The first-order valence-electron chi connectivity index (χ1n) is 3.96. The highest BCUT2D eigenvalue weighted by Gasteiger charge is 2.10. The first kappa shape index (κ1) is 10.0. The van der Waals surface area contributed by atoms with Gasteiger partial charge >= 0.3 is 0 Å². The third-order valence-electron chi connectivity index (χ3n) is 1.59. The summed E-state index contributed by atoms with van der Waals surface area (Å²) in [6, 6.07) is 3.36. The Balaban J connectivity index is 2.17. The maximum atomic E-state index is 11.6. The summed E-state index contributed by atoms with van der Waals surface area (Å²) in [5.41, 5.74) is 0.470. The van der Waals surface area contributed by atoms with Crippen molar-refractivity contribution < 1.29 is 4.79 Å². The summed E-state index contributed by atoms with van der Waals surface area (Å²) in [7, 11) is 0. The van der Waals surface area contributed by atoms with Crippen molar-refractivity contribution in [2.75, 3.05) is 5.32 Å². The Kier molecular flexibility index (Phi) is 2.89. The standard InChI is InChI=1S/C8H5ClN4OS/c9-7-5(2-1-3-10-7)12-8(14)6-4-11-13-15-6/h1-4H,(H,12,14). The van der Waals surface area contributed by atoms with E-state index in [0.717, 1.165) is 11.5 Å². The van der Waals surface area contributed by atoms with Crippen LogP contribution in [0.15, 0.2) is 24.5 Å². The highest BCUT2D eigenvalue weighted by molar-refractivity contribution is 7.07. The molecule has 5 nitrogen and oxygen atoms in total. The topological polar surface area (TPSA) is 67.8 Å². The summed E-state index contributed by atoms with van der Waals surface area (Å²) in [4.78, 5) is 15.8. The number of hydrogen-bond donors (Lipinski definition) is 1. The zero-order valence-electron chi connectivity index (χ0n) is 7.35. The van der Waals surface area contributed by atoms with Gasteiger partial charge in [0.15, 0.2) is 5.15 Å². The second kappa shape index (κ2) is 4.33. The summed E-state index contributed by atoms with van der Waals surface area (Å²) in [6.45, 7) is 0. The highest BCUT2D eigenvalue weighted by Crippen LogP contribution is 2.18. The second-order valence-electron chi connectivity index (χ2n) is 2.58. The smallest absolute Gasteiger partial charge is 0.269 e. The molecule has 0 saturated carbocycles. The Hall–Kier alpha value is -1.53. The molecule has 0 aliphatic heterocycles. The first-order valence-corrected chi connectivity index (χ1v) is 5.12. The van der Waals surface area contributed by atoms with Gasteiger partial charge in [0, 0.05) is 6.20 Å². The van der Waals surface area contributed by atoms with Crippen LogP contribution in [0.25, 0.3) is 0 Å². The van der Waals surface area contributed by atoms with Crippen LogP contribution in [0.4, 0.5) is 5.69 Å². The van der Waals surface area contributed by atoms with Crippen LogP contribution in [0, 0.1) is 0 Å². The fraction of sp³-hybridized carbons (Fsp3) is 0. The van der Waals surface area contributed by atoms with Crippen LogP contribution in [0.3, 0.4) is 0 Å². The van der Waals surface area contributed by atoms with E-state index in [4.69, 9.17) is 11.6 Å². The van der Waals surface area contributed by atoms with Crippen molar-refractivity contribution in [2.45, 2.75) is 0 Å². The Labute approximate surface area is 94.3 Å². The Morgan fingerprint density at radius 1 is 1.53 bits per heavy atom. The summed E-state index contributed by atoms with van der Waals surface area (Å²) in [5, 5.41) is 6.43. The monoisotopic (exact) mass is 240 g/mol. The number of aromatic nitrogens is 3. The van der Waals surface area contributed by atoms with Crippen LogP contribution in [-0.4, -0.2) is 20.5 Å². The molecule has 0 aromatic carbocycles. The second-order valence-corrected chi connectivity index (χ2v) is 3.72. The third kappa shape index (κ3) is 2.28. The number of hydrogen-bond acceptors (Lipinski definition) is 5. The van der Waals surface area contributed by atoms with Gasteiger partial charge < -0.3 is 5.32 Å². The molecule has 0 fully saturated rings. The van der Waals surface area contributed by atoms with E-state index in [1.165, 1.54) is 6.20 Å². The number of nitrogens with one attached hydrogen (secondary N) is 1. The zero-order chi connectivity index (χ0) is 10.7. The maximum Gasteiger partial charge on any atom is 0.269 e. The number of anilines is 1. The van der Waals surface area contributed by atoms with Gasteiger partial charge in [-0.25, -0.2) is 4.98 Å². The molecule has 0 saturated heterocycles. The molecule has 0 aliphatic rings. The number of halogens is 1. The van der Waals surface area contributed by atoms with Crippen LogP contribution in [-0.2, 0) is 0 Å². The van der Waals surface area contributed by atoms with Crippen molar-refractivity contribution in [1.82, 2.24) is 14.6 Å². The number of amides is 1. The van der Waals surface area contributed by atoms with Gasteiger partial charge in [0.05, 0.1) is 11.9 Å². The number of pyridine rings is 1. The predicted octanol–water partition coefficient (Wildman–Crippen LogP) is 1.84. The molecular formula is C8H5ClN4OS. The van der Waals surface area contributed by atoms with Crippen molar-refractivity contribution >= 4 is 34.7 Å². The van der Waals surface area contributed by atoms with E-state index >= 15 is 0 Å². The molecule has 2 heterocycles. The van der Waals surface area contributed by atoms with Gasteiger partial charge in [-0.05, 0) is 23.7 Å². The number of carbonyl (C=O) groups excluding carboxylic acids is 1. The largest absolute Gasteiger partial charge is 0.319 e. The number of nitrogens with zero attached hydrogens (tertiary/aromatic N) is 3. The third-order valence-corrected chi connectivity index (χ3v) is 2.56. The van der Waals surface area contributed by atoms with Crippen LogP contribution < -0.4 is 5.32 Å². The van der Waals surface area contributed by atoms with E-state index < -0.39 is 0 Å². The lowest BCUT2D eigenvalue weighted by atomic mass is 10.4. The van der Waals surface area contributed by atoms with Crippen molar-refractivity contribution in [3.63, 3.8) is 0 Å². The van der Waals surface area contributed by atoms with Gasteiger partial charge in [-0.3, -0.25) is 4.79 Å². The normalized spacial score (nSPS) is 9.93. The van der Waals surface area contributed by atoms with Gasteiger partial charge in [-0.1, -0.05) is 16.1 Å². The van der Waals surface area contributed by atoms with E-state index in [9.17, 15) is 4.79 Å². The summed E-state index contributed by atoms with van der Waals surface area (Å²) in [5.74, 6) is -0.292. The van der Waals surface area contributed by atoms with Crippen LogP contribution in [0.2, 0.25) is 5.15 Å². The molecule has 0 radical (unpaired) electrons. The molecule has 1 amide bonds. The summed E-state index contributed by atoms with van der Waals surface area (Å²) < 4.78 is 3.59. The highest BCUT2D eigenvalue weighted by atomic mass is 35.5. The molecule has 2 aromatic heterocycles. The van der Waals surface area contributed by atoms with Gasteiger partial charge in [-0.2, -0.15) is 0 Å². The Morgan fingerprint density at radius 3 is 3.07 bits per heavy atom. The van der Waals surface area contributed by atoms with E-state index in [1.54, 1.807) is 18.3 Å². The van der Waals surface area contributed by atoms with E-state index in [2.05, 4.69) is 19.9 Å². The molecule has 7 heteroatoms. The molecule has 0 unspecified atom stereocenters. The fourth-order valence-electron chi connectivity index (χ4n) is 0.930. The summed E-state index contributed by atoms with van der Waals surface area (Å²) >= 11 is 6.80. The van der Waals surface area contributed by atoms with Crippen LogP contribution in [0.5, 0.6) is 0 Å². The molecule has 2 rings (SSSR count). The quantitative estimate of drug-likeness (QED) is 0.814. The van der Waals surface area contributed by atoms with Crippen molar-refractivity contribution in [2.24, 2.45) is 0 Å². The average molecular weight is 241 g/mol. The molecule has 0 atom stereocenters. The average Bonchev–Trinajstić information content (AvgIpc) is 2.74. The minimum absolute atomic E-state index is 0.253. The van der Waals surface area contributed by atoms with Crippen LogP contribution in [0.1, 0.15) is 9.67 Å². The molecule has 0 aliphatic carbocycles. The minimum Gasteiger partial charge on any atom is -0.319 e. The lowest BCUT2D eigenvalue weighted by molar-refractivity contribution is 0.103. The fourth-order valence-corrected chi connectivity index (χ4v) is 1.51. The van der Waals surface area contributed by atoms with Crippen molar-refractivity contribution in [1.29, 1.82) is 0 Å². The summed E-state index contributed by atoms with van der Waals surface area (Å²) in [6.07, 6.45) is 2.94.